The first-order valence-electron chi connectivity index (χ1n) is 7.81. The maximum atomic E-state index is 4.46. The standard InChI is InChI=1S/C17H24N4/c1-19-10-12-20(13-11-19)9-5-6-16-14-18-21(15-16)17-7-3-2-4-8-17/h2-4,7-8,14-15H,5-6,9-13H2,1H3. The fourth-order valence-corrected chi connectivity index (χ4v) is 2.79. The molecule has 1 aromatic heterocycles. The van der Waals surface area contributed by atoms with Gasteiger partial charge in [-0.05, 0) is 44.1 Å². The molecule has 0 aliphatic carbocycles. The summed E-state index contributed by atoms with van der Waals surface area (Å²) >= 11 is 0. The van der Waals surface area contributed by atoms with Crippen LogP contribution in [0.25, 0.3) is 5.69 Å². The van der Waals surface area contributed by atoms with Crippen molar-refractivity contribution < 1.29 is 0 Å². The first-order valence-corrected chi connectivity index (χ1v) is 7.81. The van der Waals surface area contributed by atoms with Crippen molar-refractivity contribution in [3.63, 3.8) is 0 Å². The third kappa shape index (κ3) is 3.93. The topological polar surface area (TPSA) is 24.3 Å². The molecular formula is C17H24N4. The average Bonchev–Trinajstić information content (AvgIpc) is 2.99. The van der Waals surface area contributed by atoms with Crippen LogP contribution in [0.5, 0.6) is 0 Å². The van der Waals surface area contributed by atoms with E-state index in [9.17, 15) is 0 Å². The molecule has 0 unspecified atom stereocenters. The molecule has 1 fully saturated rings. The largest absolute Gasteiger partial charge is 0.304 e. The van der Waals surface area contributed by atoms with Crippen molar-refractivity contribution in [3.8, 4) is 5.69 Å². The van der Waals surface area contributed by atoms with Gasteiger partial charge in [-0.3, -0.25) is 0 Å². The zero-order valence-corrected chi connectivity index (χ0v) is 12.8. The van der Waals surface area contributed by atoms with Crippen LogP contribution < -0.4 is 0 Å². The number of piperazine rings is 1. The number of para-hydroxylation sites is 1. The Labute approximate surface area is 127 Å². The summed E-state index contributed by atoms with van der Waals surface area (Å²) in [6.07, 6.45) is 6.47. The molecule has 2 aromatic rings. The van der Waals surface area contributed by atoms with Crippen LogP contribution >= 0.6 is 0 Å². The molecule has 1 aliphatic rings. The quantitative estimate of drug-likeness (QED) is 0.840. The Morgan fingerprint density at radius 1 is 1.05 bits per heavy atom. The second-order valence-corrected chi connectivity index (χ2v) is 5.88. The lowest BCUT2D eigenvalue weighted by molar-refractivity contribution is 0.153. The van der Waals surface area contributed by atoms with Crippen LogP contribution in [0, 0.1) is 0 Å². The summed E-state index contributed by atoms with van der Waals surface area (Å²) in [5, 5.41) is 4.46. The third-order valence-electron chi connectivity index (χ3n) is 4.19. The minimum absolute atomic E-state index is 1.11. The van der Waals surface area contributed by atoms with Gasteiger partial charge in [-0.15, -0.1) is 0 Å². The highest BCUT2D eigenvalue weighted by atomic mass is 15.3. The summed E-state index contributed by atoms with van der Waals surface area (Å²) < 4.78 is 1.96. The molecule has 1 aromatic carbocycles. The first kappa shape index (κ1) is 14.3. The van der Waals surface area contributed by atoms with Gasteiger partial charge in [0.2, 0.25) is 0 Å². The lowest BCUT2D eigenvalue weighted by atomic mass is 10.2. The predicted molar refractivity (Wildman–Crippen MR) is 85.8 cm³/mol. The summed E-state index contributed by atoms with van der Waals surface area (Å²) in [4.78, 5) is 4.97. The monoisotopic (exact) mass is 284 g/mol. The zero-order valence-electron chi connectivity index (χ0n) is 12.8. The van der Waals surface area contributed by atoms with E-state index in [2.05, 4.69) is 40.3 Å². The van der Waals surface area contributed by atoms with Gasteiger partial charge in [0.05, 0.1) is 11.9 Å². The summed E-state index contributed by atoms with van der Waals surface area (Å²) in [5.74, 6) is 0. The summed E-state index contributed by atoms with van der Waals surface area (Å²) in [6, 6.07) is 10.3. The Kier molecular flexibility index (Phi) is 4.68. The van der Waals surface area contributed by atoms with Gasteiger partial charge in [0, 0.05) is 32.4 Å². The van der Waals surface area contributed by atoms with Crippen molar-refractivity contribution in [2.45, 2.75) is 12.8 Å². The van der Waals surface area contributed by atoms with Crippen LogP contribution in [0.4, 0.5) is 0 Å². The molecule has 21 heavy (non-hydrogen) atoms. The van der Waals surface area contributed by atoms with Gasteiger partial charge < -0.3 is 9.80 Å². The number of hydrogen-bond acceptors (Lipinski definition) is 3. The van der Waals surface area contributed by atoms with Crippen LogP contribution in [0.15, 0.2) is 42.7 Å². The van der Waals surface area contributed by atoms with Gasteiger partial charge in [0.1, 0.15) is 0 Å². The second-order valence-electron chi connectivity index (χ2n) is 5.88. The minimum atomic E-state index is 1.11. The lowest BCUT2D eigenvalue weighted by Gasteiger charge is -2.32. The van der Waals surface area contributed by atoms with Crippen molar-refractivity contribution in [1.82, 2.24) is 19.6 Å². The third-order valence-corrected chi connectivity index (χ3v) is 4.19. The number of aromatic nitrogens is 2. The molecule has 2 heterocycles. The van der Waals surface area contributed by atoms with E-state index in [1.54, 1.807) is 0 Å². The molecule has 4 nitrogen and oxygen atoms in total. The number of benzene rings is 1. The van der Waals surface area contributed by atoms with Gasteiger partial charge in [0.15, 0.2) is 0 Å². The fourth-order valence-electron chi connectivity index (χ4n) is 2.79. The molecule has 0 atom stereocenters. The normalized spacial score (nSPS) is 17.2. The van der Waals surface area contributed by atoms with Crippen LogP contribution in [-0.4, -0.2) is 59.4 Å². The van der Waals surface area contributed by atoms with Gasteiger partial charge in [-0.2, -0.15) is 5.10 Å². The van der Waals surface area contributed by atoms with Crippen molar-refractivity contribution >= 4 is 0 Å². The molecular weight excluding hydrogens is 260 g/mol. The van der Waals surface area contributed by atoms with Gasteiger partial charge in [0.25, 0.3) is 0 Å². The zero-order chi connectivity index (χ0) is 14.5. The van der Waals surface area contributed by atoms with E-state index in [-0.39, 0.29) is 0 Å². The predicted octanol–water partition coefficient (Wildman–Crippen LogP) is 2.05. The smallest absolute Gasteiger partial charge is 0.0645 e. The molecule has 4 heteroatoms. The Hall–Kier alpha value is -1.65. The van der Waals surface area contributed by atoms with Crippen molar-refractivity contribution in [3.05, 3.63) is 48.3 Å². The van der Waals surface area contributed by atoms with E-state index in [1.165, 1.54) is 44.7 Å². The highest BCUT2D eigenvalue weighted by Gasteiger charge is 2.12. The van der Waals surface area contributed by atoms with Gasteiger partial charge >= 0.3 is 0 Å². The minimum Gasteiger partial charge on any atom is -0.304 e. The Balaban J connectivity index is 1.47. The number of rotatable bonds is 5. The van der Waals surface area contributed by atoms with Crippen molar-refractivity contribution in [2.75, 3.05) is 39.8 Å². The lowest BCUT2D eigenvalue weighted by Crippen LogP contribution is -2.44. The maximum Gasteiger partial charge on any atom is 0.0645 e. The van der Waals surface area contributed by atoms with Crippen LogP contribution in [0.3, 0.4) is 0 Å². The molecule has 0 radical (unpaired) electrons. The van der Waals surface area contributed by atoms with Crippen LogP contribution in [-0.2, 0) is 6.42 Å². The number of likely N-dealkylation sites (N-methyl/N-ethyl adjacent to an activating group) is 1. The van der Waals surface area contributed by atoms with Crippen LogP contribution in [0.1, 0.15) is 12.0 Å². The number of aryl methyl sites for hydroxylation is 1. The molecule has 0 saturated carbocycles. The SMILES string of the molecule is CN1CCN(CCCc2cnn(-c3ccccc3)c2)CC1. The van der Waals surface area contributed by atoms with Crippen molar-refractivity contribution in [1.29, 1.82) is 0 Å². The average molecular weight is 284 g/mol. The van der Waals surface area contributed by atoms with E-state index in [0.717, 1.165) is 12.1 Å². The summed E-state index contributed by atoms with van der Waals surface area (Å²) in [7, 11) is 2.20. The van der Waals surface area contributed by atoms with E-state index in [4.69, 9.17) is 0 Å². The van der Waals surface area contributed by atoms with Crippen molar-refractivity contribution in [2.24, 2.45) is 0 Å². The Morgan fingerprint density at radius 2 is 1.81 bits per heavy atom. The summed E-state index contributed by atoms with van der Waals surface area (Å²) in [5.41, 5.74) is 2.45. The number of nitrogens with zero attached hydrogens (tertiary/aromatic N) is 4. The second kappa shape index (κ2) is 6.87. The molecule has 0 bridgehead atoms. The van der Waals surface area contributed by atoms with Gasteiger partial charge in [-0.25, -0.2) is 4.68 Å². The molecule has 0 amide bonds. The Bertz CT molecular complexity index is 541. The van der Waals surface area contributed by atoms with E-state index in [0.29, 0.717) is 0 Å². The fraction of sp³-hybridized carbons (Fsp3) is 0.471. The summed E-state index contributed by atoms with van der Waals surface area (Å²) in [6.45, 7) is 6.02. The van der Waals surface area contributed by atoms with E-state index in [1.807, 2.05) is 29.1 Å². The van der Waals surface area contributed by atoms with E-state index >= 15 is 0 Å². The van der Waals surface area contributed by atoms with E-state index < -0.39 is 0 Å². The molecule has 0 spiro atoms. The molecule has 0 N–H and O–H groups in total. The van der Waals surface area contributed by atoms with Gasteiger partial charge in [-0.1, -0.05) is 18.2 Å². The molecule has 112 valence electrons. The highest BCUT2D eigenvalue weighted by molar-refractivity contribution is 5.30. The first-order chi connectivity index (χ1) is 10.3. The molecule has 3 rings (SSSR count). The molecule has 1 saturated heterocycles. The number of hydrogen-bond donors (Lipinski definition) is 0. The maximum absolute atomic E-state index is 4.46. The highest BCUT2D eigenvalue weighted by Crippen LogP contribution is 2.10. The van der Waals surface area contributed by atoms with Crippen LogP contribution in [0.2, 0.25) is 0 Å². The Morgan fingerprint density at radius 3 is 2.57 bits per heavy atom. The molecule has 1 aliphatic heterocycles.